The van der Waals surface area contributed by atoms with E-state index in [1.54, 1.807) is 18.2 Å². The van der Waals surface area contributed by atoms with Gasteiger partial charge in [0.2, 0.25) is 0 Å². The van der Waals surface area contributed by atoms with Gasteiger partial charge in [0.1, 0.15) is 10.4 Å². The van der Waals surface area contributed by atoms with Crippen LogP contribution in [0.15, 0.2) is 33.3 Å². The van der Waals surface area contributed by atoms with Crippen LogP contribution in [0.2, 0.25) is 0 Å². The lowest BCUT2D eigenvalue weighted by atomic mass is 10.3. The minimum absolute atomic E-state index is 0.00609. The number of phenolic OH excluding ortho intramolecular Hbond substituents is 1. The van der Waals surface area contributed by atoms with Crippen LogP contribution < -0.4 is 5.32 Å². The third kappa shape index (κ3) is 2.50. The van der Waals surface area contributed by atoms with Crippen LogP contribution in [0.3, 0.4) is 0 Å². The summed E-state index contributed by atoms with van der Waals surface area (Å²) in [5.74, 6) is -0.410. The van der Waals surface area contributed by atoms with E-state index in [1.807, 2.05) is 0 Å². The molecule has 1 amide bonds. The first-order chi connectivity index (χ1) is 8.09. The van der Waals surface area contributed by atoms with Gasteiger partial charge in [0.05, 0.1) is 10.2 Å². The molecule has 7 heteroatoms. The summed E-state index contributed by atoms with van der Waals surface area (Å²) >= 11 is 6.41. The summed E-state index contributed by atoms with van der Waals surface area (Å²) in [5.41, 5.74) is 0.545. The summed E-state index contributed by atoms with van der Waals surface area (Å²) in [7, 11) is 0. The van der Waals surface area contributed by atoms with Gasteiger partial charge < -0.3 is 10.4 Å². The highest BCUT2D eigenvalue weighted by molar-refractivity contribution is 9.13. The molecule has 0 aliphatic heterocycles. The van der Waals surface area contributed by atoms with E-state index in [1.165, 1.54) is 6.07 Å². The van der Waals surface area contributed by atoms with Crippen LogP contribution >= 0.6 is 31.9 Å². The number of para-hydroxylation sites is 2. The van der Waals surface area contributed by atoms with Crippen molar-refractivity contribution in [3.8, 4) is 5.75 Å². The van der Waals surface area contributed by atoms with Crippen LogP contribution in [0.25, 0.3) is 0 Å². The summed E-state index contributed by atoms with van der Waals surface area (Å²) < 4.78 is 1.12. The number of benzene rings is 1. The zero-order chi connectivity index (χ0) is 12.4. The van der Waals surface area contributed by atoms with Gasteiger partial charge >= 0.3 is 0 Å². The number of nitrogens with zero attached hydrogens (tertiary/aromatic N) is 1. The minimum atomic E-state index is -0.416. The molecule has 2 aromatic rings. The number of carbonyl (C=O) groups is 1. The van der Waals surface area contributed by atoms with Gasteiger partial charge in [0, 0.05) is 0 Å². The molecule has 0 saturated heterocycles. The predicted molar refractivity (Wildman–Crippen MR) is 70.0 cm³/mol. The van der Waals surface area contributed by atoms with E-state index >= 15 is 0 Å². The Bertz CT molecular complexity index is 568. The molecule has 0 aliphatic carbocycles. The number of amides is 1. The molecule has 88 valence electrons. The standard InChI is InChI=1S/C10H7Br2N3O2/c11-7-8(14-15-9(7)12)10(17)13-5-3-1-2-4-6(5)16/h1-4,16H,(H,13,17)(H,14,15). The molecule has 1 heterocycles. The van der Waals surface area contributed by atoms with E-state index in [4.69, 9.17) is 0 Å². The van der Waals surface area contributed by atoms with Crippen molar-refractivity contribution in [3.05, 3.63) is 39.0 Å². The molecule has 0 bridgehead atoms. The van der Waals surface area contributed by atoms with Gasteiger partial charge in [-0.25, -0.2) is 0 Å². The molecule has 1 aromatic carbocycles. The number of aromatic amines is 1. The van der Waals surface area contributed by atoms with Crippen molar-refractivity contribution in [2.45, 2.75) is 0 Å². The van der Waals surface area contributed by atoms with Gasteiger partial charge in [-0.15, -0.1) is 0 Å². The Morgan fingerprint density at radius 3 is 2.65 bits per heavy atom. The van der Waals surface area contributed by atoms with Gasteiger partial charge in [0.25, 0.3) is 5.91 Å². The van der Waals surface area contributed by atoms with Gasteiger partial charge in [-0.1, -0.05) is 12.1 Å². The second kappa shape index (κ2) is 4.89. The molecule has 0 fully saturated rings. The highest BCUT2D eigenvalue weighted by Gasteiger charge is 2.17. The first kappa shape index (κ1) is 12.1. The van der Waals surface area contributed by atoms with Crippen LogP contribution in [0.4, 0.5) is 5.69 Å². The van der Waals surface area contributed by atoms with Crippen molar-refractivity contribution in [1.29, 1.82) is 0 Å². The molecule has 2 rings (SSSR count). The van der Waals surface area contributed by atoms with Crippen molar-refractivity contribution in [2.24, 2.45) is 0 Å². The molecule has 3 N–H and O–H groups in total. The van der Waals surface area contributed by atoms with E-state index in [0.717, 1.165) is 0 Å². The molecule has 0 radical (unpaired) electrons. The second-order valence-corrected chi connectivity index (χ2v) is 4.76. The Kier molecular flexibility index (Phi) is 3.49. The summed E-state index contributed by atoms with van der Waals surface area (Å²) in [6.45, 7) is 0. The number of hydrogen-bond donors (Lipinski definition) is 3. The van der Waals surface area contributed by atoms with Gasteiger partial charge in [-0.05, 0) is 44.0 Å². The van der Waals surface area contributed by atoms with Crippen molar-refractivity contribution in [2.75, 3.05) is 5.32 Å². The Balaban J connectivity index is 2.23. The second-order valence-electron chi connectivity index (χ2n) is 3.17. The van der Waals surface area contributed by atoms with Crippen LogP contribution in [0.1, 0.15) is 10.5 Å². The lowest BCUT2D eigenvalue weighted by Crippen LogP contribution is -2.13. The Morgan fingerprint density at radius 1 is 1.35 bits per heavy atom. The van der Waals surface area contributed by atoms with E-state index in [0.29, 0.717) is 14.8 Å². The molecular formula is C10H7Br2N3O2. The molecule has 0 spiro atoms. The number of rotatable bonds is 2. The van der Waals surface area contributed by atoms with E-state index in [9.17, 15) is 9.90 Å². The molecule has 5 nitrogen and oxygen atoms in total. The average molecular weight is 361 g/mol. The third-order valence-corrected chi connectivity index (χ3v) is 3.91. The van der Waals surface area contributed by atoms with Gasteiger partial charge in [0.15, 0.2) is 5.69 Å². The summed E-state index contributed by atoms with van der Waals surface area (Å²) in [4.78, 5) is 11.8. The Hall–Kier alpha value is -1.34. The van der Waals surface area contributed by atoms with Crippen LogP contribution in [0, 0.1) is 0 Å². The predicted octanol–water partition coefficient (Wildman–Crippen LogP) is 2.89. The summed E-state index contributed by atoms with van der Waals surface area (Å²) in [5, 5.41) is 18.5. The average Bonchev–Trinajstić information content (AvgIpc) is 2.63. The number of aromatic hydroxyl groups is 1. The van der Waals surface area contributed by atoms with Crippen LogP contribution in [-0.4, -0.2) is 21.2 Å². The number of nitrogens with one attached hydrogen (secondary N) is 2. The smallest absolute Gasteiger partial charge is 0.277 e. The lowest BCUT2D eigenvalue weighted by molar-refractivity contribution is 0.102. The van der Waals surface area contributed by atoms with Crippen molar-refractivity contribution < 1.29 is 9.90 Å². The SMILES string of the molecule is O=C(Nc1ccccc1O)c1n[nH]c(Br)c1Br. The molecule has 0 saturated carbocycles. The number of hydrogen-bond acceptors (Lipinski definition) is 3. The normalized spacial score (nSPS) is 10.2. The Labute approximate surface area is 113 Å². The first-order valence-corrected chi connectivity index (χ1v) is 6.17. The fraction of sp³-hybridized carbons (Fsp3) is 0. The zero-order valence-electron chi connectivity index (χ0n) is 8.37. The highest BCUT2D eigenvalue weighted by atomic mass is 79.9. The Morgan fingerprint density at radius 2 is 2.06 bits per heavy atom. The van der Waals surface area contributed by atoms with Crippen molar-refractivity contribution in [1.82, 2.24) is 10.2 Å². The number of aromatic nitrogens is 2. The number of H-pyrrole nitrogens is 1. The fourth-order valence-corrected chi connectivity index (χ4v) is 1.85. The third-order valence-electron chi connectivity index (χ3n) is 2.03. The van der Waals surface area contributed by atoms with Crippen molar-refractivity contribution >= 4 is 43.5 Å². The summed E-state index contributed by atoms with van der Waals surface area (Å²) in [6, 6.07) is 6.48. The maximum absolute atomic E-state index is 11.8. The first-order valence-electron chi connectivity index (χ1n) is 4.58. The van der Waals surface area contributed by atoms with E-state index in [2.05, 4.69) is 47.4 Å². The largest absolute Gasteiger partial charge is 0.506 e. The fourth-order valence-electron chi connectivity index (χ4n) is 1.22. The lowest BCUT2D eigenvalue weighted by Gasteiger charge is -2.05. The number of phenols is 1. The maximum atomic E-state index is 11.8. The van der Waals surface area contributed by atoms with Crippen molar-refractivity contribution in [3.63, 3.8) is 0 Å². The molecule has 1 aromatic heterocycles. The maximum Gasteiger partial charge on any atom is 0.277 e. The van der Waals surface area contributed by atoms with Gasteiger partial charge in [-0.3, -0.25) is 9.89 Å². The minimum Gasteiger partial charge on any atom is -0.506 e. The zero-order valence-corrected chi connectivity index (χ0v) is 11.5. The molecule has 0 unspecified atom stereocenters. The van der Waals surface area contributed by atoms with E-state index < -0.39 is 5.91 Å². The van der Waals surface area contributed by atoms with Crippen LogP contribution in [0.5, 0.6) is 5.75 Å². The topological polar surface area (TPSA) is 78.0 Å². The van der Waals surface area contributed by atoms with E-state index in [-0.39, 0.29) is 11.4 Å². The molecule has 0 aliphatic rings. The monoisotopic (exact) mass is 359 g/mol. The molecule has 0 atom stereocenters. The quantitative estimate of drug-likeness (QED) is 0.720. The van der Waals surface area contributed by atoms with Gasteiger partial charge in [-0.2, -0.15) is 5.10 Å². The highest BCUT2D eigenvalue weighted by Crippen LogP contribution is 2.26. The van der Waals surface area contributed by atoms with Crippen LogP contribution in [-0.2, 0) is 0 Å². The molecule has 17 heavy (non-hydrogen) atoms. The number of carbonyl (C=O) groups excluding carboxylic acids is 1. The number of halogens is 2. The summed E-state index contributed by atoms with van der Waals surface area (Å²) in [6.07, 6.45) is 0. The number of anilines is 1. The molecular weight excluding hydrogens is 354 g/mol.